The van der Waals surface area contributed by atoms with Gasteiger partial charge in [-0.3, -0.25) is 23.6 Å². The molecule has 3 amide bonds. The molecule has 5 heterocycles. The van der Waals surface area contributed by atoms with Crippen LogP contribution in [0.5, 0.6) is 5.75 Å². The third-order valence-electron chi connectivity index (χ3n) is 14.2. The number of ether oxygens (including phenoxy) is 1. The monoisotopic (exact) mass is 1040 g/mol. The summed E-state index contributed by atoms with van der Waals surface area (Å²) in [7, 11) is 2.16. The van der Waals surface area contributed by atoms with Gasteiger partial charge in [-0.25, -0.2) is 14.2 Å². The number of hydrogen-bond donors (Lipinski definition) is 5. The molecule has 3 fully saturated rings. The minimum Gasteiger partial charge on any atom is -0.494 e. The van der Waals surface area contributed by atoms with Gasteiger partial charge in [-0.15, -0.1) is 11.3 Å². The second kappa shape index (κ2) is 22.5. The number of likely N-dealkylation sites (tertiary alicyclic amines) is 2. The number of aryl methyl sites for hydroxylation is 1. The van der Waals surface area contributed by atoms with Gasteiger partial charge in [-0.05, 0) is 91.9 Å². The van der Waals surface area contributed by atoms with Crippen molar-refractivity contribution >= 4 is 86.2 Å². The van der Waals surface area contributed by atoms with Crippen molar-refractivity contribution in [3.8, 4) is 16.2 Å². The molecular formula is C52H66ClN11O6S2. The summed E-state index contributed by atoms with van der Waals surface area (Å²) in [4.78, 5) is 62.1. The van der Waals surface area contributed by atoms with E-state index in [1.54, 1.807) is 36.1 Å². The van der Waals surface area contributed by atoms with Crippen molar-refractivity contribution in [3.63, 3.8) is 0 Å². The van der Waals surface area contributed by atoms with E-state index in [4.69, 9.17) is 16.3 Å². The quantitative estimate of drug-likeness (QED) is 0.0662. The summed E-state index contributed by atoms with van der Waals surface area (Å²) in [5.74, 6) is 0.398. The number of aliphatic hydroxyl groups excluding tert-OH is 1. The van der Waals surface area contributed by atoms with Crippen LogP contribution >= 0.6 is 22.9 Å². The molecule has 17 nitrogen and oxygen atoms in total. The van der Waals surface area contributed by atoms with Gasteiger partial charge in [-0.2, -0.15) is 4.98 Å². The molecule has 72 heavy (non-hydrogen) atoms. The third kappa shape index (κ3) is 12.3. The number of hydrogen-bond acceptors (Lipinski definition) is 14. The molecule has 5 N–H and O–H groups in total. The first kappa shape index (κ1) is 52.5. The van der Waals surface area contributed by atoms with Crippen LogP contribution in [0.2, 0.25) is 5.02 Å². The molecule has 5 aromatic rings. The number of anilines is 6. The van der Waals surface area contributed by atoms with Crippen molar-refractivity contribution in [1.29, 1.82) is 0 Å². The minimum atomic E-state index is -1.23. The molecule has 0 saturated carbocycles. The summed E-state index contributed by atoms with van der Waals surface area (Å²) in [6.07, 6.45) is 6.39. The molecule has 3 aromatic carbocycles. The van der Waals surface area contributed by atoms with Crippen LogP contribution in [-0.4, -0.2) is 130 Å². The molecule has 3 saturated heterocycles. The lowest BCUT2D eigenvalue weighted by molar-refractivity contribution is -0.144. The van der Waals surface area contributed by atoms with Crippen molar-refractivity contribution < 1.29 is 28.4 Å². The summed E-state index contributed by atoms with van der Waals surface area (Å²) in [6, 6.07) is 19.7. The van der Waals surface area contributed by atoms with Crippen molar-refractivity contribution in [2.75, 3.05) is 79.5 Å². The van der Waals surface area contributed by atoms with E-state index in [1.165, 1.54) is 11.1 Å². The lowest BCUT2D eigenvalue weighted by atomic mass is 9.71. The number of para-hydroxylation sites is 2. The number of β-amino-alcohol motifs (C(OH)–C–C–N with tert-alkyl or cyclic N) is 1. The topological polar surface area (TPSA) is 197 Å². The van der Waals surface area contributed by atoms with Crippen molar-refractivity contribution in [2.45, 2.75) is 84.5 Å². The number of aliphatic hydroxyl groups is 1. The highest BCUT2D eigenvalue weighted by atomic mass is 35.5. The summed E-state index contributed by atoms with van der Waals surface area (Å²) in [5, 5.41) is 23.6. The fourth-order valence-corrected chi connectivity index (χ4v) is 11.2. The van der Waals surface area contributed by atoms with Crippen LogP contribution in [0.15, 0.2) is 78.4 Å². The highest BCUT2D eigenvalue weighted by Gasteiger charge is 2.45. The first-order chi connectivity index (χ1) is 34.4. The second-order valence-electron chi connectivity index (χ2n) is 20.2. The number of piperidine rings is 2. The number of aromatic nitrogens is 3. The van der Waals surface area contributed by atoms with Crippen molar-refractivity contribution in [3.05, 3.63) is 94.7 Å². The molecule has 0 bridgehead atoms. The van der Waals surface area contributed by atoms with Gasteiger partial charge in [0.15, 0.2) is 5.82 Å². The van der Waals surface area contributed by atoms with Crippen LogP contribution in [0, 0.1) is 17.8 Å². The Bertz CT molecular complexity index is 2750. The molecule has 0 aliphatic carbocycles. The number of nitrogens with one attached hydrogen (secondary N) is 4. The minimum absolute atomic E-state index is 0.0180. The van der Waals surface area contributed by atoms with Gasteiger partial charge < -0.3 is 40.9 Å². The van der Waals surface area contributed by atoms with E-state index in [0.717, 1.165) is 84.9 Å². The van der Waals surface area contributed by atoms with Gasteiger partial charge in [0.2, 0.25) is 23.7 Å². The predicted octanol–water partition coefficient (Wildman–Crippen LogP) is 7.28. The summed E-state index contributed by atoms with van der Waals surface area (Å²) in [5.41, 5.74) is 7.46. The average molecular weight is 1040 g/mol. The number of rotatable bonds is 16. The van der Waals surface area contributed by atoms with Gasteiger partial charge in [0, 0.05) is 57.7 Å². The largest absolute Gasteiger partial charge is 0.494 e. The lowest BCUT2D eigenvalue weighted by Crippen LogP contribution is -2.59. The number of benzene rings is 3. The number of nitrogens with zero attached hydrogens (tertiary/aromatic N) is 7. The van der Waals surface area contributed by atoms with Crippen LogP contribution in [0.25, 0.3) is 10.4 Å². The fraction of sp³-hybridized carbons (Fsp3) is 0.462. The van der Waals surface area contributed by atoms with Crippen molar-refractivity contribution in [2.24, 2.45) is 10.8 Å². The lowest BCUT2D eigenvalue weighted by Gasteiger charge is -2.47. The summed E-state index contributed by atoms with van der Waals surface area (Å²) in [6.45, 7) is 11.5. The number of carbonyl (C=O) groups is 3. The van der Waals surface area contributed by atoms with E-state index in [-0.39, 0.29) is 49.2 Å². The molecule has 8 rings (SSSR count). The maximum atomic E-state index is 14.3. The fourth-order valence-electron chi connectivity index (χ4n) is 9.85. The number of methoxy groups -OCH3 is 1. The zero-order valence-corrected chi connectivity index (χ0v) is 44.4. The number of thiazole rings is 1. The van der Waals surface area contributed by atoms with Gasteiger partial charge in [-0.1, -0.05) is 68.8 Å². The summed E-state index contributed by atoms with van der Waals surface area (Å²) >= 11 is 8.11. The van der Waals surface area contributed by atoms with Gasteiger partial charge in [0.1, 0.15) is 33.8 Å². The van der Waals surface area contributed by atoms with Gasteiger partial charge in [0.25, 0.3) is 0 Å². The van der Waals surface area contributed by atoms with Crippen LogP contribution in [-0.2, 0) is 31.9 Å². The Morgan fingerprint density at radius 2 is 1.69 bits per heavy atom. The van der Waals surface area contributed by atoms with Gasteiger partial charge in [0.05, 0.1) is 59.1 Å². The molecular weight excluding hydrogens is 974 g/mol. The highest BCUT2D eigenvalue weighted by Crippen LogP contribution is 2.43. The number of amides is 3. The van der Waals surface area contributed by atoms with E-state index in [1.807, 2.05) is 93.9 Å². The van der Waals surface area contributed by atoms with E-state index in [0.29, 0.717) is 33.9 Å². The van der Waals surface area contributed by atoms with E-state index in [9.17, 15) is 23.7 Å². The second-order valence-corrected chi connectivity index (χ2v) is 22.8. The van der Waals surface area contributed by atoms with Gasteiger partial charge >= 0.3 is 0 Å². The SMILES string of the molecule is COc1cc(N2CCC3(CCN(CC(=O)N[C@H](C(=O)N4C[C@H](O)C[C@@H]4C(=O)NCc4ccc(-c5scnc5C)cc4)C(C)(C)C)CC3)CC2)ccc1Nc1ncc(Cl)c(Nc2ccccc2N(C)S(C)=O)n1. The van der Waals surface area contributed by atoms with Crippen LogP contribution in [0.3, 0.4) is 0 Å². The molecule has 20 heteroatoms. The first-order valence-electron chi connectivity index (χ1n) is 24.3. The maximum Gasteiger partial charge on any atom is 0.246 e. The summed E-state index contributed by atoms with van der Waals surface area (Å²) < 4.78 is 19.7. The first-order valence-corrected chi connectivity index (χ1v) is 27.1. The predicted molar refractivity (Wildman–Crippen MR) is 287 cm³/mol. The molecule has 384 valence electrons. The molecule has 3 aliphatic rings. The Labute approximate surface area is 433 Å². The molecule has 1 unspecified atom stereocenters. The van der Waals surface area contributed by atoms with Crippen molar-refractivity contribution in [1.82, 2.24) is 35.4 Å². The molecule has 0 radical (unpaired) electrons. The third-order valence-corrected chi connectivity index (χ3v) is 16.5. The Kier molecular flexibility index (Phi) is 16.4. The van der Waals surface area contributed by atoms with E-state index < -0.39 is 34.6 Å². The number of carbonyl (C=O) groups excluding carboxylic acids is 3. The molecule has 4 atom stereocenters. The Hall–Kier alpha value is -5.86. The normalized spacial score (nSPS) is 18.8. The average Bonchev–Trinajstić information content (AvgIpc) is 3.99. The Balaban J connectivity index is 0.815. The zero-order chi connectivity index (χ0) is 51.3. The molecule has 1 spiro atoms. The number of halogens is 1. The smallest absolute Gasteiger partial charge is 0.246 e. The maximum absolute atomic E-state index is 14.3. The van der Waals surface area contributed by atoms with Crippen LogP contribution in [0.1, 0.15) is 64.1 Å². The molecule has 2 aromatic heterocycles. The zero-order valence-electron chi connectivity index (χ0n) is 42.0. The molecule has 3 aliphatic heterocycles. The van der Waals surface area contributed by atoms with Crippen LogP contribution in [0.4, 0.5) is 34.5 Å². The van der Waals surface area contributed by atoms with Crippen LogP contribution < -0.4 is 35.2 Å². The standard InChI is InChI=1S/C52H66ClN11O6S2/c1-33-45(71-32-56-33)35-14-12-34(13-15-35)28-54-48(67)42-27-37(65)30-64(42)49(68)46(51(2,3)4)59-44(66)31-62-22-18-52(19-23-62)20-24-63(25-21-52)36-16-17-40(43(26-36)70-6)58-50-55-29-38(53)47(60-50)57-39-10-8-9-11-41(39)61(5)72(7)69/h8-17,26,29,32,37,42,46,65H,18-25,27-28,30-31H2,1-7H3,(H,54,67)(H,59,66)(H2,55,57,58,60)/t37-,42-,46-,72?/m1/s1. The Morgan fingerprint density at radius 1 is 0.986 bits per heavy atom. The van der Waals surface area contributed by atoms with E-state index >= 15 is 0 Å². The highest BCUT2D eigenvalue weighted by molar-refractivity contribution is 7.85. The Morgan fingerprint density at radius 3 is 2.36 bits per heavy atom. The van der Waals surface area contributed by atoms with E-state index in [2.05, 4.69) is 52.1 Å².